The summed E-state index contributed by atoms with van der Waals surface area (Å²) in [6, 6.07) is 0. The molecule has 78 valence electrons. The quantitative estimate of drug-likeness (QED) is 0.784. The van der Waals surface area contributed by atoms with Gasteiger partial charge in [-0.05, 0) is 31.2 Å². The molecule has 1 aliphatic rings. The molecule has 1 heterocycles. The van der Waals surface area contributed by atoms with Crippen LogP contribution < -0.4 is 5.73 Å². The minimum atomic E-state index is 0.360. The number of hydrogen-bond donors (Lipinski definition) is 1. The summed E-state index contributed by atoms with van der Waals surface area (Å²) < 4.78 is 5.31. The van der Waals surface area contributed by atoms with Crippen molar-refractivity contribution in [1.29, 1.82) is 0 Å². The molecule has 0 saturated carbocycles. The van der Waals surface area contributed by atoms with E-state index >= 15 is 0 Å². The van der Waals surface area contributed by atoms with Crippen LogP contribution in [0.5, 0.6) is 0 Å². The Balaban J connectivity index is 2.28. The van der Waals surface area contributed by atoms with Crippen molar-refractivity contribution in [3.8, 4) is 0 Å². The van der Waals surface area contributed by atoms with Crippen molar-refractivity contribution < 1.29 is 4.52 Å². The Kier molecular flexibility index (Phi) is 2.35. The molecular formula is C11H18N2O. The van der Waals surface area contributed by atoms with Crippen molar-refractivity contribution >= 4 is 0 Å². The van der Waals surface area contributed by atoms with Gasteiger partial charge in [-0.2, -0.15) is 0 Å². The largest absolute Gasteiger partial charge is 0.361 e. The van der Waals surface area contributed by atoms with Crippen molar-refractivity contribution in [2.75, 3.05) is 6.54 Å². The van der Waals surface area contributed by atoms with Gasteiger partial charge in [0.1, 0.15) is 5.76 Å². The fourth-order valence-electron chi connectivity index (χ4n) is 2.52. The number of rotatable bonds is 2. The van der Waals surface area contributed by atoms with Crippen LogP contribution >= 0.6 is 0 Å². The maximum Gasteiger partial charge on any atom is 0.143 e. The summed E-state index contributed by atoms with van der Waals surface area (Å²) in [5.74, 6) is 1.55. The predicted octanol–water partition coefficient (Wildman–Crippen LogP) is 2.08. The minimum absolute atomic E-state index is 0.360. The minimum Gasteiger partial charge on any atom is -0.361 e. The average molecular weight is 194 g/mol. The van der Waals surface area contributed by atoms with Crippen LogP contribution in [0.4, 0.5) is 0 Å². The monoisotopic (exact) mass is 194 g/mol. The lowest BCUT2D eigenvalue weighted by molar-refractivity contribution is 0.237. The number of nitrogens with two attached hydrogens (primary N) is 1. The van der Waals surface area contributed by atoms with Crippen LogP contribution in [0, 0.1) is 5.41 Å². The number of nitrogens with zero attached hydrogens (tertiary/aromatic N) is 1. The third-order valence-electron chi connectivity index (χ3n) is 3.03. The van der Waals surface area contributed by atoms with Gasteiger partial charge >= 0.3 is 0 Å². The summed E-state index contributed by atoms with van der Waals surface area (Å²) in [6.45, 7) is 5.32. The Labute approximate surface area is 84.7 Å². The van der Waals surface area contributed by atoms with Gasteiger partial charge in [-0.3, -0.25) is 0 Å². The van der Waals surface area contributed by atoms with Crippen LogP contribution in [-0.2, 0) is 6.42 Å². The molecule has 0 amide bonds. The topological polar surface area (TPSA) is 52.0 Å². The molecule has 2 rings (SSSR count). The molecule has 2 N–H and O–H groups in total. The van der Waals surface area contributed by atoms with Gasteiger partial charge in [-0.1, -0.05) is 19.0 Å². The highest BCUT2D eigenvalue weighted by Gasteiger charge is 2.34. The predicted molar refractivity (Wildman–Crippen MR) is 55.0 cm³/mol. The van der Waals surface area contributed by atoms with Crippen LogP contribution in [-0.4, -0.2) is 11.7 Å². The maximum absolute atomic E-state index is 5.61. The van der Waals surface area contributed by atoms with Gasteiger partial charge in [0.05, 0.1) is 6.20 Å². The van der Waals surface area contributed by atoms with Crippen molar-refractivity contribution in [2.45, 2.75) is 39.0 Å². The first kappa shape index (κ1) is 9.71. The van der Waals surface area contributed by atoms with E-state index in [1.807, 2.05) is 6.20 Å². The molecule has 1 unspecified atom stereocenters. The Bertz CT molecular complexity index is 317. The molecular weight excluding hydrogens is 176 g/mol. The standard InChI is InChI=1S/C11H18N2O/c1-11(2)5-8(3-4-12)10-9(6-11)7-13-14-10/h7-8H,3-6,12H2,1-2H3. The van der Waals surface area contributed by atoms with E-state index in [0.29, 0.717) is 11.3 Å². The second-order valence-corrected chi connectivity index (χ2v) is 5.03. The molecule has 3 nitrogen and oxygen atoms in total. The zero-order valence-electron chi connectivity index (χ0n) is 8.92. The average Bonchev–Trinajstić information content (AvgIpc) is 2.50. The van der Waals surface area contributed by atoms with Crippen molar-refractivity contribution in [1.82, 2.24) is 5.16 Å². The molecule has 0 saturated heterocycles. The Hall–Kier alpha value is -0.830. The van der Waals surface area contributed by atoms with E-state index in [1.165, 1.54) is 5.56 Å². The van der Waals surface area contributed by atoms with Gasteiger partial charge in [0, 0.05) is 11.5 Å². The molecule has 1 atom stereocenters. The lowest BCUT2D eigenvalue weighted by Crippen LogP contribution is -2.25. The molecule has 1 aromatic rings. The second-order valence-electron chi connectivity index (χ2n) is 5.03. The molecule has 0 aromatic carbocycles. The lowest BCUT2D eigenvalue weighted by atomic mass is 9.71. The zero-order valence-corrected chi connectivity index (χ0v) is 8.92. The van der Waals surface area contributed by atoms with Gasteiger partial charge in [0.2, 0.25) is 0 Å². The van der Waals surface area contributed by atoms with Crippen LogP contribution in [0.1, 0.15) is 43.9 Å². The third kappa shape index (κ3) is 1.69. The summed E-state index contributed by atoms with van der Waals surface area (Å²) in [5.41, 5.74) is 7.25. The maximum atomic E-state index is 5.61. The van der Waals surface area contributed by atoms with Gasteiger partial charge in [-0.25, -0.2) is 0 Å². The van der Waals surface area contributed by atoms with Crippen LogP contribution in [0.2, 0.25) is 0 Å². The Morgan fingerprint density at radius 3 is 3.14 bits per heavy atom. The number of fused-ring (bicyclic) bond motifs is 1. The third-order valence-corrected chi connectivity index (χ3v) is 3.03. The molecule has 0 fully saturated rings. The highest BCUT2D eigenvalue weighted by atomic mass is 16.5. The lowest BCUT2D eigenvalue weighted by Gasteiger charge is -2.33. The normalized spacial score (nSPS) is 24.6. The summed E-state index contributed by atoms with van der Waals surface area (Å²) in [7, 11) is 0. The first-order chi connectivity index (χ1) is 6.62. The van der Waals surface area contributed by atoms with E-state index in [2.05, 4.69) is 19.0 Å². The van der Waals surface area contributed by atoms with Crippen LogP contribution in [0.25, 0.3) is 0 Å². The molecule has 0 spiro atoms. The van der Waals surface area contributed by atoms with E-state index in [4.69, 9.17) is 10.3 Å². The van der Waals surface area contributed by atoms with Crippen molar-refractivity contribution in [3.05, 3.63) is 17.5 Å². The van der Waals surface area contributed by atoms with Crippen molar-refractivity contribution in [2.24, 2.45) is 11.1 Å². The highest BCUT2D eigenvalue weighted by molar-refractivity contribution is 5.23. The van der Waals surface area contributed by atoms with E-state index in [-0.39, 0.29) is 0 Å². The van der Waals surface area contributed by atoms with E-state index < -0.39 is 0 Å². The summed E-state index contributed by atoms with van der Waals surface area (Å²) in [5, 5.41) is 3.89. The molecule has 1 aliphatic carbocycles. The Morgan fingerprint density at radius 1 is 1.64 bits per heavy atom. The fraction of sp³-hybridized carbons (Fsp3) is 0.727. The summed E-state index contributed by atoms with van der Waals surface area (Å²) in [6.07, 6.45) is 5.10. The van der Waals surface area contributed by atoms with Crippen molar-refractivity contribution in [3.63, 3.8) is 0 Å². The molecule has 0 radical (unpaired) electrons. The molecule has 3 heteroatoms. The van der Waals surface area contributed by atoms with Crippen LogP contribution in [0.15, 0.2) is 10.7 Å². The number of aromatic nitrogens is 1. The van der Waals surface area contributed by atoms with Gasteiger partial charge < -0.3 is 10.3 Å². The molecule has 0 aliphatic heterocycles. The first-order valence-corrected chi connectivity index (χ1v) is 5.26. The van der Waals surface area contributed by atoms with Gasteiger partial charge in [0.15, 0.2) is 0 Å². The van der Waals surface area contributed by atoms with E-state index in [9.17, 15) is 0 Å². The van der Waals surface area contributed by atoms with Crippen LogP contribution in [0.3, 0.4) is 0 Å². The first-order valence-electron chi connectivity index (χ1n) is 5.26. The van der Waals surface area contributed by atoms with Gasteiger partial charge in [0.25, 0.3) is 0 Å². The van der Waals surface area contributed by atoms with E-state index in [1.54, 1.807) is 0 Å². The smallest absolute Gasteiger partial charge is 0.143 e. The summed E-state index contributed by atoms with van der Waals surface area (Å²) in [4.78, 5) is 0. The summed E-state index contributed by atoms with van der Waals surface area (Å²) >= 11 is 0. The van der Waals surface area contributed by atoms with E-state index in [0.717, 1.165) is 31.6 Å². The highest BCUT2D eigenvalue weighted by Crippen LogP contribution is 2.43. The second kappa shape index (κ2) is 3.39. The molecule has 0 bridgehead atoms. The SMILES string of the molecule is CC1(C)Cc2cnoc2C(CCN)C1. The fourth-order valence-corrected chi connectivity index (χ4v) is 2.52. The molecule has 1 aromatic heterocycles. The van der Waals surface area contributed by atoms with Gasteiger partial charge in [-0.15, -0.1) is 0 Å². The zero-order chi connectivity index (χ0) is 10.2. The number of hydrogen-bond acceptors (Lipinski definition) is 3. The molecule has 14 heavy (non-hydrogen) atoms. The Morgan fingerprint density at radius 2 is 2.43 bits per heavy atom.